The van der Waals surface area contributed by atoms with Gasteiger partial charge in [0.25, 0.3) is 0 Å². The second-order valence-corrected chi connectivity index (χ2v) is 7.58. The Bertz CT molecular complexity index is 1240. The minimum absolute atomic E-state index is 0.260. The molecule has 0 saturated carbocycles. The van der Waals surface area contributed by atoms with Crippen LogP contribution in [0.5, 0.6) is 11.5 Å². The third kappa shape index (κ3) is 3.90. The number of nitrogens with zero attached hydrogens (tertiary/aromatic N) is 3. The Morgan fingerprint density at radius 3 is 2.50 bits per heavy atom. The maximum atomic E-state index is 5.47. The molecule has 30 heavy (non-hydrogen) atoms. The molecule has 0 N–H and O–H groups in total. The van der Waals surface area contributed by atoms with Gasteiger partial charge in [-0.25, -0.2) is 4.68 Å². The fraction of sp³-hybridized carbons (Fsp3) is 0.0833. The molecule has 0 fully saturated rings. The lowest BCUT2D eigenvalue weighted by Gasteiger charge is -2.04. The van der Waals surface area contributed by atoms with E-state index in [4.69, 9.17) is 19.6 Å². The van der Waals surface area contributed by atoms with Gasteiger partial charge < -0.3 is 9.47 Å². The van der Waals surface area contributed by atoms with Gasteiger partial charge in [-0.15, -0.1) is 11.3 Å². The number of thiazole rings is 1. The lowest BCUT2D eigenvalue weighted by atomic mass is 10.2. The number of aromatic nitrogens is 1. The summed E-state index contributed by atoms with van der Waals surface area (Å²) in [7, 11) is 0. The average Bonchev–Trinajstić information content (AvgIpc) is 3.44. The normalized spacial score (nSPS) is 13.3. The van der Waals surface area contributed by atoms with E-state index in [1.54, 1.807) is 11.3 Å². The lowest BCUT2D eigenvalue weighted by Crippen LogP contribution is -2.12. The molecule has 0 spiro atoms. The van der Waals surface area contributed by atoms with Gasteiger partial charge in [-0.05, 0) is 29.3 Å². The van der Waals surface area contributed by atoms with Crippen LogP contribution in [0.25, 0.3) is 11.3 Å². The van der Waals surface area contributed by atoms with Crippen molar-refractivity contribution in [2.24, 2.45) is 10.1 Å². The molecule has 0 atom stereocenters. The Hall–Kier alpha value is -3.64. The topological polar surface area (TPSA) is 48.1 Å². The molecular formula is C24H19N3O2S. The highest BCUT2D eigenvalue weighted by atomic mass is 32.1. The van der Waals surface area contributed by atoms with Crippen LogP contribution < -0.4 is 14.3 Å². The first-order valence-electron chi connectivity index (χ1n) is 9.61. The molecule has 0 unspecified atom stereocenters. The summed E-state index contributed by atoms with van der Waals surface area (Å²) in [5.41, 5.74) is 4.20. The van der Waals surface area contributed by atoms with E-state index in [0.717, 1.165) is 33.1 Å². The number of rotatable bonds is 5. The Morgan fingerprint density at radius 2 is 1.67 bits per heavy atom. The fourth-order valence-electron chi connectivity index (χ4n) is 3.19. The van der Waals surface area contributed by atoms with Crippen LogP contribution in [0.1, 0.15) is 11.1 Å². The van der Waals surface area contributed by atoms with Crippen molar-refractivity contribution in [3.8, 4) is 22.8 Å². The summed E-state index contributed by atoms with van der Waals surface area (Å²) in [6, 6.07) is 26.3. The van der Waals surface area contributed by atoms with Crippen LogP contribution in [0.4, 0.5) is 0 Å². The largest absolute Gasteiger partial charge is 0.454 e. The van der Waals surface area contributed by atoms with E-state index in [1.807, 2.05) is 65.5 Å². The van der Waals surface area contributed by atoms with Crippen molar-refractivity contribution in [2.45, 2.75) is 6.54 Å². The van der Waals surface area contributed by atoms with E-state index < -0.39 is 0 Å². The predicted octanol–water partition coefficient (Wildman–Crippen LogP) is 4.93. The number of benzene rings is 3. The van der Waals surface area contributed by atoms with Gasteiger partial charge in [0.1, 0.15) is 0 Å². The Morgan fingerprint density at radius 1 is 0.900 bits per heavy atom. The van der Waals surface area contributed by atoms with Gasteiger partial charge in [-0.2, -0.15) is 5.10 Å². The molecular weight excluding hydrogens is 394 g/mol. The van der Waals surface area contributed by atoms with E-state index in [2.05, 4.69) is 29.6 Å². The average molecular weight is 414 g/mol. The summed E-state index contributed by atoms with van der Waals surface area (Å²) < 4.78 is 12.8. The molecule has 1 aromatic heterocycles. The number of fused-ring (bicyclic) bond motifs is 1. The van der Waals surface area contributed by atoms with Gasteiger partial charge in [0.15, 0.2) is 11.5 Å². The maximum absolute atomic E-state index is 5.47. The third-order valence-corrected chi connectivity index (χ3v) is 5.57. The molecule has 4 aromatic rings. The third-order valence-electron chi connectivity index (χ3n) is 4.71. The van der Waals surface area contributed by atoms with Gasteiger partial charge in [-0.1, -0.05) is 60.7 Å². The zero-order valence-corrected chi connectivity index (χ0v) is 17.0. The van der Waals surface area contributed by atoms with Gasteiger partial charge in [0, 0.05) is 10.9 Å². The van der Waals surface area contributed by atoms with E-state index in [9.17, 15) is 0 Å². The fourth-order valence-corrected chi connectivity index (χ4v) is 4.02. The SMILES string of the molecule is C(=Nn1c(-c2ccccc2)csc1=NCc1ccccc1)c1ccc2c(c1)OCO2. The number of ether oxygens (including phenoxy) is 2. The van der Waals surface area contributed by atoms with E-state index in [0.29, 0.717) is 6.54 Å². The van der Waals surface area contributed by atoms with Crippen molar-refractivity contribution in [1.82, 2.24) is 4.68 Å². The molecule has 0 aliphatic carbocycles. The standard InChI is InChI=1S/C24H19N3O2S/c1-3-7-18(8-4-1)14-25-24-27(21(16-30-24)20-9-5-2-6-10-20)26-15-19-11-12-22-23(13-19)29-17-28-22/h1-13,15-16H,14,17H2. The van der Waals surface area contributed by atoms with Crippen LogP contribution in [0.2, 0.25) is 0 Å². The molecule has 5 rings (SSSR count). The number of hydrogen-bond acceptors (Lipinski definition) is 5. The van der Waals surface area contributed by atoms with Gasteiger partial charge in [-0.3, -0.25) is 4.99 Å². The van der Waals surface area contributed by atoms with Crippen molar-refractivity contribution in [3.05, 3.63) is 100 Å². The summed E-state index contributed by atoms with van der Waals surface area (Å²) in [4.78, 5) is 5.66. The van der Waals surface area contributed by atoms with Crippen molar-refractivity contribution in [3.63, 3.8) is 0 Å². The van der Waals surface area contributed by atoms with Gasteiger partial charge in [0.2, 0.25) is 11.6 Å². The maximum Gasteiger partial charge on any atom is 0.231 e. The summed E-state index contributed by atoms with van der Waals surface area (Å²) in [5.74, 6) is 1.51. The monoisotopic (exact) mass is 413 g/mol. The molecule has 0 saturated heterocycles. The number of hydrogen-bond donors (Lipinski definition) is 0. The van der Waals surface area contributed by atoms with Crippen LogP contribution in [-0.2, 0) is 6.54 Å². The quantitative estimate of drug-likeness (QED) is 0.436. The van der Waals surface area contributed by atoms with Crippen molar-refractivity contribution in [2.75, 3.05) is 6.79 Å². The first-order valence-corrected chi connectivity index (χ1v) is 10.5. The van der Waals surface area contributed by atoms with E-state index >= 15 is 0 Å². The zero-order chi connectivity index (χ0) is 20.2. The highest BCUT2D eigenvalue weighted by Gasteiger charge is 2.13. The Labute approximate surface area is 178 Å². The Balaban J connectivity index is 1.53. The minimum Gasteiger partial charge on any atom is -0.454 e. The van der Waals surface area contributed by atoms with E-state index in [1.165, 1.54) is 5.56 Å². The molecule has 2 heterocycles. The zero-order valence-electron chi connectivity index (χ0n) is 16.1. The highest BCUT2D eigenvalue weighted by molar-refractivity contribution is 7.07. The summed E-state index contributed by atoms with van der Waals surface area (Å²) >= 11 is 1.58. The van der Waals surface area contributed by atoms with Gasteiger partial charge in [0.05, 0.1) is 18.5 Å². The second kappa shape index (κ2) is 8.39. The summed E-state index contributed by atoms with van der Waals surface area (Å²) in [6.07, 6.45) is 1.82. The molecule has 3 aromatic carbocycles. The van der Waals surface area contributed by atoms with Crippen LogP contribution in [-0.4, -0.2) is 17.7 Å². The molecule has 5 nitrogen and oxygen atoms in total. The summed E-state index contributed by atoms with van der Waals surface area (Å²) in [5, 5.41) is 6.86. The molecule has 6 heteroatoms. The lowest BCUT2D eigenvalue weighted by molar-refractivity contribution is 0.174. The molecule has 1 aliphatic heterocycles. The molecule has 148 valence electrons. The smallest absolute Gasteiger partial charge is 0.231 e. The first kappa shape index (κ1) is 18.4. The van der Waals surface area contributed by atoms with Crippen LogP contribution >= 0.6 is 11.3 Å². The highest BCUT2D eigenvalue weighted by Crippen LogP contribution is 2.32. The van der Waals surface area contributed by atoms with Crippen LogP contribution in [0.15, 0.2) is 94.3 Å². The van der Waals surface area contributed by atoms with Crippen molar-refractivity contribution >= 4 is 17.6 Å². The molecule has 0 amide bonds. The second-order valence-electron chi connectivity index (χ2n) is 6.74. The minimum atomic E-state index is 0.260. The van der Waals surface area contributed by atoms with Crippen molar-refractivity contribution < 1.29 is 9.47 Å². The molecule has 0 bridgehead atoms. The van der Waals surface area contributed by atoms with Crippen molar-refractivity contribution in [1.29, 1.82) is 0 Å². The molecule has 0 radical (unpaired) electrons. The summed E-state index contributed by atoms with van der Waals surface area (Å²) in [6.45, 7) is 0.866. The van der Waals surface area contributed by atoms with Crippen LogP contribution in [0, 0.1) is 0 Å². The predicted molar refractivity (Wildman–Crippen MR) is 119 cm³/mol. The Kier molecular flexibility index (Phi) is 5.14. The van der Waals surface area contributed by atoms with Crippen LogP contribution in [0.3, 0.4) is 0 Å². The van der Waals surface area contributed by atoms with E-state index in [-0.39, 0.29) is 6.79 Å². The molecule has 1 aliphatic rings. The first-order chi connectivity index (χ1) is 14.9. The van der Waals surface area contributed by atoms with Gasteiger partial charge >= 0.3 is 0 Å².